The van der Waals surface area contributed by atoms with E-state index in [9.17, 15) is 4.79 Å². The molecule has 0 aromatic rings. The topological polar surface area (TPSA) is 82.7 Å². The predicted octanol–water partition coefficient (Wildman–Crippen LogP) is -0.678. The molecule has 0 spiro atoms. The van der Waals surface area contributed by atoms with Gasteiger partial charge in [-0.3, -0.25) is 10.7 Å². The maximum Gasteiger partial charge on any atom is 0.317 e. The second-order valence-corrected chi connectivity index (χ2v) is 2.44. The molecule has 0 saturated carbocycles. The molecule has 6 heteroatoms. The number of nitrogens with two attached hydrogens (primary N) is 1. The summed E-state index contributed by atoms with van der Waals surface area (Å²) in [6.07, 6.45) is 1.69. The first kappa shape index (κ1) is 8.38. The quantitative estimate of drug-likeness (QED) is 0.449. The Morgan fingerprint density at radius 3 is 3.00 bits per heavy atom. The van der Waals surface area contributed by atoms with E-state index in [-0.39, 0.29) is 0 Å². The van der Waals surface area contributed by atoms with Crippen LogP contribution in [0.1, 0.15) is 6.92 Å². The fourth-order valence-electron chi connectivity index (χ4n) is 0.895. The van der Waals surface area contributed by atoms with E-state index < -0.39 is 6.03 Å². The van der Waals surface area contributed by atoms with Gasteiger partial charge in [0.2, 0.25) is 0 Å². The van der Waals surface area contributed by atoms with E-state index in [1.165, 1.54) is 5.12 Å². The van der Waals surface area contributed by atoms with Crippen molar-refractivity contribution in [3.05, 3.63) is 11.8 Å². The summed E-state index contributed by atoms with van der Waals surface area (Å²) in [4.78, 5) is 10.4. The van der Waals surface area contributed by atoms with Crippen molar-refractivity contribution in [2.24, 2.45) is 10.8 Å². The third-order valence-corrected chi connectivity index (χ3v) is 1.20. The number of primary amides is 1. The highest BCUT2D eigenvalue weighted by atomic mass is 16.2. The number of nitrogens with zero attached hydrogens (tertiary/aromatic N) is 2. The molecule has 0 aromatic heterocycles. The van der Waals surface area contributed by atoms with Gasteiger partial charge in [0.05, 0.1) is 0 Å². The van der Waals surface area contributed by atoms with Crippen LogP contribution in [0.15, 0.2) is 16.9 Å². The average Bonchev–Trinajstić information content (AvgIpc) is 1.81. The van der Waals surface area contributed by atoms with Crippen LogP contribution in [0.25, 0.3) is 0 Å². The molecule has 66 valence electrons. The third kappa shape index (κ3) is 2.15. The molecule has 0 aliphatic carbocycles. The normalized spacial score (nSPS) is 16.0. The van der Waals surface area contributed by atoms with Gasteiger partial charge in [0.1, 0.15) is 0 Å². The van der Waals surface area contributed by atoms with Crippen LogP contribution in [-0.4, -0.2) is 24.0 Å². The Balaban J connectivity index is 2.69. The maximum absolute atomic E-state index is 10.4. The number of carbonyl (C=O) groups excluding carboxylic acids is 1. The van der Waals surface area contributed by atoms with E-state index in [0.29, 0.717) is 5.84 Å². The molecule has 0 unspecified atom stereocenters. The fraction of sp³-hybridized carbons (Fsp3) is 0.333. The molecular formula is C6H11N5O. The molecule has 0 bridgehead atoms. The molecule has 1 rings (SSSR count). The van der Waals surface area contributed by atoms with Crippen molar-refractivity contribution < 1.29 is 4.79 Å². The zero-order chi connectivity index (χ0) is 9.14. The van der Waals surface area contributed by atoms with Crippen LogP contribution in [0.4, 0.5) is 4.79 Å². The van der Waals surface area contributed by atoms with Gasteiger partial charge >= 0.3 is 6.03 Å². The van der Waals surface area contributed by atoms with Gasteiger partial charge in [0, 0.05) is 18.8 Å². The first-order valence-corrected chi connectivity index (χ1v) is 3.41. The molecule has 0 atom stereocenters. The van der Waals surface area contributed by atoms with Crippen molar-refractivity contribution in [2.75, 3.05) is 7.05 Å². The molecule has 0 aromatic carbocycles. The Hall–Kier alpha value is -1.72. The smallest absolute Gasteiger partial charge is 0.317 e. The number of rotatable bonds is 0. The van der Waals surface area contributed by atoms with Gasteiger partial charge in [0.15, 0.2) is 5.84 Å². The standard InChI is InChI=1S/C6H11N5O/c1-4-3-5(8-6(7)12)10-11(2)9-4/h3,9H,1-2H3,(H3,7,8,10,12). The van der Waals surface area contributed by atoms with E-state index in [1.807, 2.05) is 6.92 Å². The minimum Gasteiger partial charge on any atom is -0.351 e. The molecule has 12 heavy (non-hydrogen) atoms. The minimum absolute atomic E-state index is 0.432. The lowest BCUT2D eigenvalue weighted by Gasteiger charge is -2.21. The molecular weight excluding hydrogens is 158 g/mol. The summed E-state index contributed by atoms with van der Waals surface area (Å²) in [6, 6.07) is -0.617. The SMILES string of the molecule is CC1=CC(NC(N)=O)=NN(C)N1. The Morgan fingerprint density at radius 1 is 1.83 bits per heavy atom. The largest absolute Gasteiger partial charge is 0.351 e. The van der Waals surface area contributed by atoms with Gasteiger partial charge in [0.25, 0.3) is 0 Å². The van der Waals surface area contributed by atoms with Gasteiger partial charge < -0.3 is 5.73 Å². The van der Waals surface area contributed by atoms with Crippen molar-refractivity contribution in [3.8, 4) is 0 Å². The Bertz CT molecular complexity index is 257. The Kier molecular flexibility index (Phi) is 2.18. The number of hydrogen-bond donors (Lipinski definition) is 3. The molecule has 1 heterocycles. The van der Waals surface area contributed by atoms with E-state index in [1.54, 1.807) is 13.1 Å². The number of allylic oxidation sites excluding steroid dienone is 1. The first-order valence-electron chi connectivity index (χ1n) is 3.41. The van der Waals surface area contributed by atoms with Crippen LogP contribution in [0.3, 0.4) is 0 Å². The van der Waals surface area contributed by atoms with Crippen molar-refractivity contribution in [1.82, 2.24) is 15.9 Å². The molecule has 1 aliphatic rings. The van der Waals surface area contributed by atoms with Crippen LogP contribution < -0.4 is 16.5 Å². The first-order chi connectivity index (χ1) is 5.58. The number of urea groups is 1. The van der Waals surface area contributed by atoms with Crippen LogP contribution in [0, 0.1) is 0 Å². The van der Waals surface area contributed by atoms with Gasteiger partial charge in [-0.15, -0.1) is 5.10 Å². The lowest BCUT2D eigenvalue weighted by molar-refractivity contribution is 0.251. The molecule has 0 saturated heterocycles. The Labute approximate surface area is 70.1 Å². The maximum atomic E-state index is 10.4. The number of amidine groups is 1. The summed E-state index contributed by atoms with van der Waals surface area (Å²) in [5.41, 5.74) is 8.70. The second-order valence-electron chi connectivity index (χ2n) is 2.44. The molecule has 1 aliphatic heterocycles. The number of carbonyl (C=O) groups is 1. The highest BCUT2D eigenvalue weighted by molar-refractivity contribution is 6.03. The minimum atomic E-state index is -0.617. The van der Waals surface area contributed by atoms with Crippen molar-refractivity contribution in [2.45, 2.75) is 6.92 Å². The number of hydrazone groups is 1. The van der Waals surface area contributed by atoms with E-state index in [4.69, 9.17) is 5.73 Å². The van der Waals surface area contributed by atoms with E-state index >= 15 is 0 Å². The summed E-state index contributed by atoms with van der Waals surface area (Å²) in [5, 5.41) is 7.78. The van der Waals surface area contributed by atoms with Gasteiger partial charge in [-0.25, -0.2) is 9.91 Å². The predicted molar refractivity (Wildman–Crippen MR) is 44.8 cm³/mol. The van der Waals surface area contributed by atoms with Gasteiger partial charge in [-0.2, -0.15) is 0 Å². The number of hydrazine groups is 1. The van der Waals surface area contributed by atoms with Crippen LogP contribution in [0.5, 0.6) is 0 Å². The van der Waals surface area contributed by atoms with Crippen LogP contribution in [0.2, 0.25) is 0 Å². The summed E-state index contributed by atoms with van der Waals surface area (Å²) in [7, 11) is 1.72. The van der Waals surface area contributed by atoms with E-state index in [0.717, 1.165) is 5.70 Å². The molecule has 4 N–H and O–H groups in total. The lowest BCUT2D eigenvalue weighted by Crippen LogP contribution is -2.41. The van der Waals surface area contributed by atoms with Crippen LogP contribution >= 0.6 is 0 Å². The highest BCUT2D eigenvalue weighted by Gasteiger charge is 2.06. The van der Waals surface area contributed by atoms with Crippen molar-refractivity contribution in [3.63, 3.8) is 0 Å². The number of hydrogen-bond acceptors (Lipinski definition) is 4. The summed E-state index contributed by atoms with van der Waals surface area (Å²) in [5.74, 6) is 0.432. The van der Waals surface area contributed by atoms with Gasteiger partial charge in [-0.05, 0) is 6.92 Å². The average molecular weight is 169 g/mol. The molecule has 0 fully saturated rings. The van der Waals surface area contributed by atoms with Crippen molar-refractivity contribution in [1.29, 1.82) is 0 Å². The second kappa shape index (κ2) is 3.12. The van der Waals surface area contributed by atoms with Crippen LogP contribution in [-0.2, 0) is 0 Å². The fourth-order valence-corrected chi connectivity index (χ4v) is 0.895. The monoisotopic (exact) mass is 169 g/mol. The number of nitrogens with one attached hydrogen (secondary N) is 2. The third-order valence-electron chi connectivity index (χ3n) is 1.20. The molecule has 2 amide bonds. The molecule has 0 radical (unpaired) electrons. The summed E-state index contributed by atoms with van der Waals surface area (Å²) >= 11 is 0. The van der Waals surface area contributed by atoms with Gasteiger partial charge in [-0.1, -0.05) is 0 Å². The molecule has 6 nitrogen and oxygen atoms in total. The zero-order valence-electron chi connectivity index (χ0n) is 6.96. The van der Waals surface area contributed by atoms with Crippen molar-refractivity contribution >= 4 is 11.9 Å². The lowest BCUT2D eigenvalue weighted by atomic mass is 10.4. The number of amides is 2. The summed E-state index contributed by atoms with van der Waals surface area (Å²) in [6.45, 7) is 1.86. The Morgan fingerprint density at radius 2 is 2.50 bits per heavy atom. The summed E-state index contributed by atoms with van der Waals surface area (Å²) < 4.78 is 0. The zero-order valence-corrected chi connectivity index (χ0v) is 6.96. The highest BCUT2D eigenvalue weighted by Crippen LogP contribution is 1.96. The van der Waals surface area contributed by atoms with E-state index in [2.05, 4.69) is 15.8 Å².